The van der Waals surface area contributed by atoms with Crippen molar-refractivity contribution < 1.29 is 4.74 Å². The highest BCUT2D eigenvalue weighted by molar-refractivity contribution is 5.92. The molecule has 23 heavy (non-hydrogen) atoms. The molecule has 0 saturated heterocycles. The van der Waals surface area contributed by atoms with Gasteiger partial charge in [0.1, 0.15) is 5.75 Å². The second kappa shape index (κ2) is 5.61. The lowest BCUT2D eigenvalue weighted by Crippen LogP contribution is -2.23. The van der Waals surface area contributed by atoms with Gasteiger partial charge < -0.3 is 15.8 Å². The molecule has 1 fully saturated rings. The number of ether oxygens (including phenoxy) is 1. The van der Waals surface area contributed by atoms with Crippen LogP contribution in [0.5, 0.6) is 5.75 Å². The number of anilines is 1. The van der Waals surface area contributed by atoms with E-state index in [0.29, 0.717) is 17.8 Å². The van der Waals surface area contributed by atoms with Crippen molar-refractivity contribution in [2.75, 3.05) is 19.0 Å². The average molecular weight is 307 g/mol. The average Bonchev–Trinajstić information content (AvgIpc) is 3.12. The quantitative estimate of drug-likeness (QED) is 0.674. The van der Waals surface area contributed by atoms with E-state index in [0.717, 1.165) is 23.9 Å². The monoisotopic (exact) mass is 307 g/mol. The maximum atomic E-state index is 6.00. The van der Waals surface area contributed by atoms with Crippen LogP contribution in [0.1, 0.15) is 17.0 Å². The van der Waals surface area contributed by atoms with Crippen LogP contribution in [0, 0.1) is 11.8 Å². The summed E-state index contributed by atoms with van der Waals surface area (Å²) in [7, 11) is 1.66. The first-order chi connectivity index (χ1) is 11.3. The number of nitrogens with zero attached hydrogens (tertiary/aromatic N) is 1. The molecule has 0 spiro atoms. The van der Waals surface area contributed by atoms with E-state index in [4.69, 9.17) is 10.5 Å². The van der Waals surface area contributed by atoms with Crippen LogP contribution in [0.2, 0.25) is 0 Å². The normalized spacial score (nSPS) is 24.7. The Labute approximate surface area is 136 Å². The van der Waals surface area contributed by atoms with E-state index in [9.17, 15) is 0 Å². The molecule has 4 heteroatoms. The third-order valence-electron chi connectivity index (χ3n) is 5.04. The summed E-state index contributed by atoms with van der Waals surface area (Å²) in [5.74, 6) is 3.43. The Bertz CT molecular complexity index is 739. The Morgan fingerprint density at radius 3 is 2.78 bits per heavy atom. The number of hydrogen-bond acceptors (Lipinski definition) is 2. The number of fused-ring (bicyclic) bond motifs is 3. The predicted octanol–water partition coefficient (Wildman–Crippen LogP) is 3.01. The fourth-order valence-electron chi connectivity index (χ4n) is 3.80. The Hall–Kier alpha value is -2.49. The Morgan fingerprint density at radius 2 is 2.00 bits per heavy atom. The molecule has 0 aliphatic heterocycles. The fraction of sp³-hybridized carbons (Fsp3) is 0.316. The number of guanidine groups is 1. The zero-order valence-corrected chi connectivity index (χ0v) is 13.2. The van der Waals surface area contributed by atoms with Gasteiger partial charge in [0.2, 0.25) is 0 Å². The minimum Gasteiger partial charge on any atom is -0.497 e. The Kier molecular flexibility index (Phi) is 3.45. The molecule has 0 bridgehead atoms. The summed E-state index contributed by atoms with van der Waals surface area (Å²) in [5, 5.41) is 3.13. The van der Waals surface area contributed by atoms with E-state index in [2.05, 4.69) is 34.6 Å². The van der Waals surface area contributed by atoms with E-state index in [1.54, 1.807) is 7.11 Å². The first kappa shape index (κ1) is 14.1. The highest BCUT2D eigenvalue weighted by Gasteiger charge is 2.54. The summed E-state index contributed by atoms with van der Waals surface area (Å²) in [6.45, 7) is 0.804. The highest BCUT2D eigenvalue weighted by atomic mass is 16.5. The van der Waals surface area contributed by atoms with Crippen molar-refractivity contribution in [2.45, 2.75) is 12.3 Å². The largest absolute Gasteiger partial charge is 0.497 e. The van der Waals surface area contributed by atoms with Gasteiger partial charge in [-0.3, -0.25) is 4.99 Å². The van der Waals surface area contributed by atoms with Gasteiger partial charge in [0.05, 0.1) is 7.11 Å². The minimum absolute atomic E-state index is 0.480. The van der Waals surface area contributed by atoms with Gasteiger partial charge in [-0.15, -0.1) is 0 Å². The third-order valence-corrected chi connectivity index (χ3v) is 5.04. The maximum Gasteiger partial charge on any atom is 0.193 e. The van der Waals surface area contributed by atoms with E-state index in [-0.39, 0.29) is 0 Å². The summed E-state index contributed by atoms with van der Waals surface area (Å²) in [6, 6.07) is 16.5. The minimum atomic E-state index is 0.480. The topological polar surface area (TPSA) is 59.6 Å². The SMILES string of the molecule is COc1ccc(NC(N)=NCC2C3Cc4ccccc4C23)cc1. The summed E-state index contributed by atoms with van der Waals surface area (Å²) >= 11 is 0. The fourth-order valence-corrected chi connectivity index (χ4v) is 3.80. The van der Waals surface area contributed by atoms with Gasteiger partial charge in [-0.05, 0) is 59.6 Å². The molecule has 1 saturated carbocycles. The van der Waals surface area contributed by atoms with Gasteiger partial charge in [0.15, 0.2) is 5.96 Å². The molecule has 3 N–H and O–H groups in total. The van der Waals surface area contributed by atoms with Crippen molar-refractivity contribution in [1.29, 1.82) is 0 Å². The maximum absolute atomic E-state index is 6.00. The van der Waals surface area contributed by atoms with Crippen LogP contribution >= 0.6 is 0 Å². The lowest BCUT2D eigenvalue weighted by Gasteiger charge is -2.08. The van der Waals surface area contributed by atoms with Crippen LogP contribution in [-0.2, 0) is 6.42 Å². The smallest absolute Gasteiger partial charge is 0.193 e. The van der Waals surface area contributed by atoms with Gasteiger partial charge in [-0.25, -0.2) is 0 Å². The molecule has 2 aliphatic carbocycles. The van der Waals surface area contributed by atoms with Crippen LogP contribution in [0.25, 0.3) is 0 Å². The second-order valence-electron chi connectivity index (χ2n) is 6.34. The number of benzene rings is 2. The van der Waals surface area contributed by atoms with Gasteiger partial charge in [-0.1, -0.05) is 24.3 Å². The van der Waals surface area contributed by atoms with Crippen LogP contribution in [-0.4, -0.2) is 19.6 Å². The molecular formula is C19H21N3O. The first-order valence-electron chi connectivity index (χ1n) is 8.05. The van der Waals surface area contributed by atoms with Gasteiger partial charge in [0, 0.05) is 12.2 Å². The first-order valence-corrected chi connectivity index (χ1v) is 8.05. The van der Waals surface area contributed by atoms with E-state index in [1.165, 1.54) is 17.5 Å². The van der Waals surface area contributed by atoms with Crippen molar-refractivity contribution in [1.82, 2.24) is 0 Å². The molecule has 0 aromatic heterocycles. The van der Waals surface area contributed by atoms with E-state index < -0.39 is 0 Å². The van der Waals surface area contributed by atoms with Crippen molar-refractivity contribution in [2.24, 2.45) is 22.6 Å². The number of nitrogens with two attached hydrogens (primary N) is 1. The molecule has 0 heterocycles. The van der Waals surface area contributed by atoms with E-state index >= 15 is 0 Å². The highest BCUT2D eigenvalue weighted by Crippen LogP contribution is 2.61. The Balaban J connectivity index is 1.35. The summed E-state index contributed by atoms with van der Waals surface area (Å²) in [5.41, 5.74) is 9.98. The van der Waals surface area contributed by atoms with Crippen molar-refractivity contribution in [3.8, 4) is 5.75 Å². The zero-order valence-electron chi connectivity index (χ0n) is 13.2. The molecule has 2 aromatic carbocycles. The van der Waals surface area contributed by atoms with Gasteiger partial charge in [-0.2, -0.15) is 0 Å². The number of methoxy groups -OCH3 is 1. The zero-order chi connectivity index (χ0) is 15.8. The lowest BCUT2D eigenvalue weighted by atomic mass is 10.0. The Morgan fingerprint density at radius 1 is 1.22 bits per heavy atom. The number of rotatable bonds is 4. The molecule has 4 nitrogen and oxygen atoms in total. The summed E-state index contributed by atoms with van der Waals surface area (Å²) < 4.78 is 5.14. The number of nitrogens with one attached hydrogen (secondary N) is 1. The molecule has 2 aromatic rings. The van der Waals surface area contributed by atoms with Crippen molar-refractivity contribution in [3.05, 3.63) is 59.7 Å². The summed E-state index contributed by atoms with van der Waals surface area (Å²) in [4.78, 5) is 4.53. The van der Waals surface area contributed by atoms with Crippen LogP contribution in [0.4, 0.5) is 5.69 Å². The predicted molar refractivity (Wildman–Crippen MR) is 93.0 cm³/mol. The van der Waals surface area contributed by atoms with Crippen LogP contribution in [0.3, 0.4) is 0 Å². The van der Waals surface area contributed by atoms with Crippen molar-refractivity contribution in [3.63, 3.8) is 0 Å². The summed E-state index contributed by atoms with van der Waals surface area (Å²) in [6.07, 6.45) is 1.20. The second-order valence-corrected chi connectivity index (χ2v) is 6.34. The molecular weight excluding hydrogens is 286 g/mol. The molecule has 0 radical (unpaired) electrons. The molecule has 0 amide bonds. The molecule has 118 valence electrons. The van der Waals surface area contributed by atoms with Gasteiger partial charge >= 0.3 is 0 Å². The van der Waals surface area contributed by atoms with Crippen molar-refractivity contribution >= 4 is 11.6 Å². The van der Waals surface area contributed by atoms with Crippen LogP contribution < -0.4 is 15.8 Å². The number of aliphatic imine (C=N–C) groups is 1. The lowest BCUT2D eigenvalue weighted by molar-refractivity contribution is 0.415. The van der Waals surface area contributed by atoms with Crippen LogP contribution in [0.15, 0.2) is 53.5 Å². The molecule has 3 atom stereocenters. The van der Waals surface area contributed by atoms with E-state index in [1.807, 2.05) is 24.3 Å². The molecule has 2 aliphatic rings. The number of hydrogen-bond donors (Lipinski definition) is 2. The molecule has 3 unspecified atom stereocenters. The standard InChI is InChI=1S/C19H21N3O/c1-23-14-8-6-13(7-9-14)22-19(20)21-11-17-16-10-12-4-2-3-5-15(12)18(16)17/h2-9,16-18H,10-11H2,1H3,(H3,20,21,22). The van der Waals surface area contributed by atoms with Gasteiger partial charge in [0.25, 0.3) is 0 Å². The third kappa shape index (κ3) is 2.65. The molecule has 4 rings (SSSR count).